The number of ether oxygens (including phenoxy) is 1. The first-order valence-electron chi connectivity index (χ1n) is 11.4. The third-order valence-corrected chi connectivity index (χ3v) is 6.07. The topological polar surface area (TPSA) is 90.3 Å². The van der Waals surface area contributed by atoms with Crippen molar-refractivity contribution in [2.24, 2.45) is 0 Å². The molecule has 7 nitrogen and oxygen atoms in total. The summed E-state index contributed by atoms with van der Waals surface area (Å²) in [5.74, 6) is 0.390. The summed E-state index contributed by atoms with van der Waals surface area (Å²) in [6.07, 6.45) is 6.31. The Labute approximate surface area is 204 Å². The highest BCUT2D eigenvalue weighted by atomic mass is 32.1. The number of carbonyl (C=O) groups excluding carboxylic acids is 1. The van der Waals surface area contributed by atoms with Crippen LogP contribution in [0.1, 0.15) is 47.4 Å². The minimum atomic E-state index is -0.482. The van der Waals surface area contributed by atoms with Crippen molar-refractivity contribution in [2.45, 2.75) is 44.4 Å². The Bertz CT molecular complexity index is 962. The molecule has 8 heteroatoms. The number of carbonyl (C=O) groups is 1. The zero-order valence-corrected chi connectivity index (χ0v) is 19.9. The molecule has 2 N–H and O–H groups in total. The van der Waals surface area contributed by atoms with E-state index in [1.807, 2.05) is 36.4 Å². The number of nitriles is 1. The summed E-state index contributed by atoms with van der Waals surface area (Å²) >= 11 is 5.27. The number of nitrogens with zero attached hydrogens (tertiary/aromatic N) is 3. The second kappa shape index (κ2) is 12.3. The zero-order valence-electron chi connectivity index (χ0n) is 19.0. The fourth-order valence-corrected chi connectivity index (χ4v) is 4.15. The van der Waals surface area contributed by atoms with Gasteiger partial charge in [-0.25, -0.2) is 4.98 Å². The van der Waals surface area contributed by atoms with Crippen molar-refractivity contribution in [3.63, 3.8) is 0 Å². The maximum absolute atomic E-state index is 12.5. The lowest BCUT2D eigenvalue weighted by atomic mass is 9.74. The molecule has 0 bridgehead atoms. The van der Waals surface area contributed by atoms with Crippen molar-refractivity contribution >= 4 is 28.9 Å². The molecule has 1 aliphatic heterocycles. The van der Waals surface area contributed by atoms with E-state index in [-0.39, 0.29) is 20.4 Å². The van der Waals surface area contributed by atoms with Crippen LogP contribution in [0.4, 0.5) is 5.69 Å². The molecule has 1 aromatic heterocycles. The van der Waals surface area contributed by atoms with Crippen LogP contribution in [0.25, 0.3) is 0 Å². The Kier molecular flexibility index (Phi) is 9.16. The fraction of sp³-hybridized carbons (Fsp3) is 0.440. The molecule has 0 aliphatic carbocycles. The van der Waals surface area contributed by atoms with E-state index in [0.29, 0.717) is 44.1 Å². The number of hydrogen-bond donors (Lipinski definition) is 2. The first-order chi connectivity index (χ1) is 16.0. The van der Waals surface area contributed by atoms with E-state index in [1.165, 1.54) is 0 Å². The first kappa shape index (κ1) is 24.6. The summed E-state index contributed by atoms with van der Waals surface area (Å²) in [5.41, 5.74) is 1.25. The summed E-state index contributed by atoms with van der Waals surface area (Å²) in [6.45, 7) is 4.40. The van der Waals surface area contributed by atoms with Crippen LogP contribution in [0.15, 0.2) is 48.7 Å². The molecule has 1 saturated heterocycles. The molecule has 1 fully saturated rings. The SMILES string of the molecule is CCCCCOc1ccc(NC(=S)NC(=O)CN2CCC(C#N)(c3ccccc3)CC2)cn1.[HH].[HH]. The van der Waals surface area contributed by atoms with Gasteiger partial charge in [0.15, 0.2) is 5.11 Å². The minimum Gasteiger partial charge on any atom is -0.478 e. The number of amides is 1. The molecule has 2 aromatic rings. The van der Waals surface area contributed by atoms with Gasteiger partial charge in [0.2, 0.25) is 11.8 Å². The van der Waals surface area contributed by atoms with E-state index < -0.39 is 5.41 Å². The first-order valence-corrected chi connectivity index (χ1v) is 11.8. The second-order valence-corrected chi connectivity index (χ2v) is 8.69. The van der Waals surface area contributed by atoms with Gasteiger partial charge in [-0.1, -0.05) is 50.1 Å². The van der Waals surface area contributed by atoms with E-state index in [9.17, 15) is 10.1 Å². The number of nitrogens with one attached hydrogen (secondary N) is 2. The number of aromatic nitrogens is 1. The largest absolute Gasteiger partial charge is 0.478 e. The number of likely N-dealkylation sites (tertiary alicyclic amines) is 1. The Hall–Kier alpha value is -3.02. The predicted octanol–water partition coefficient (Wildman–Crippen LogP) is 4.51. The quantitative estimate of drug-likeness (QED) is 0.412. The van der Waals surface area contributed by atoms with Gasteiger partial charge in [-0.15, -0.1) is 0 Å². The van der Waals surface area contributed by atoms with Crippen molar-refractivity contribution in [2.75, 3.05) is 31.6 Å². The lowest BCUT2D eigenvalue weighted by Gasteiger charge is -2.37. The van der Waals surface area contributed by atoms with E-state index in [0.717, 1.165) is 24.8 Å². The van der Waals surface area contributed by atoms with Crippen LogP contribution in [0, 0.1) is 11.3 Å². The molecule has 0 unspecified atom stereocenters. The Morgan fingerprint density at radius 2 is 2.00 bits per heavy atom. The summed E-state index contributed by atoms with van der Waals surface area (Å²) < 4.78 is 5.60. The third-order valence-electron chi connectivity index (χ3n) is 5.86. The molecule has 3 rings (SSSR count). The molecule has 178 valence electrons. The van der Waals surface area contributed by atoms with Gasteiger partial charge in [-0.05, 0) is 43.1 Å². The molecule has 33 heavy (non-hydrogen) atoms. The number of hydrogen-bond acceptors (Lipinski definition) is 6. The lowest BCUT2D eigenvalue weighted by Crippen LogP contribution is -2.47. The van der Waals surface area contributed by atoms with Gasteiger partial charge in [0.1, 0.15) is 0 Å². The normalized spacial score (nSPS) is 15.3. The Balaban J connectivity index is 0.00000306. The highest BCUT2D eigenvalue weighted by Gasteiger charge is 2.36. The average Bonchev–Trinajstić information content (AvgIpc) is 2.84. The van der Waals surface area contributed by atoms with Crippen LogP contribution in [-0.2, 0) is 10.2 Å². The van der Waals surface area contributed by atoms with Crippen LogP contribution >= 0.6 is 12.2 Å². The molecule has 0 saturated carbocycles. The molecule has 0 atom stereocenters. The number of pyridine rings is 1. The van der Waals surface area contributed by atoms with Crippen LogP contribution in [-0.4, -0.2) is 47.1 Å². The van der Waals surface area contributed by atoms with Gasteiger partial charge < -0.3 is 15.4 Å². The van der Waals surface area contributed by atoms with E-state index in [2.05, 4.69) is 33.5 Å². The van der Waals surface area contributed by atoms with Crippen LogP contribution in [0.3, 0.4) is 0 Å². The molecule has 1 aromatic carbocycles. The van der Waals surface area contributed by atoms with Gasteiger partial charge in [-0.2, -0.15) is 5.26 Å². The van der Waals surface area contributed by atoms with Crippen molar-refractivity contribution in [1.29, 1.82) is 5.26 Å². The van der Waals surface area contributed by atoms with E-state index >= 15 is 0 Å². The maximum Gasteiger partial charge on any atom is 0.240 e. The number of thiocarbonyl (C=S) groups is 1. The van der Waals surface area contributed by atoms with E-state index in [1.54, 1.807) is 12.3 Å². The molecule has 1 amide bonds. The minimum absolute atomic E-state index is 0. The molecule has 0 radical (unpaired) electrons. The smallest absolute Gasteiger partial charge is 0.240 e. The Morgan fingerprint density at radius 3 is 2.64 bits per heavy atom. The van der Waals surface area contributed by atoms with E-state index in [4.69, 9.17) is 17.0 Å². The highest BCUT2D eigenvalue weighted by Crippen LogP contribution is 2.34. The zero-order chi connectivity index (χ0) is 23.5. The van der Waals surface area contributed by atoms with Crippen LogP contribution < -0.4 is 15.4 Å². The fourth-order valence-electron chi connectivity index (χ4n) is 3.92. The van der Waals surface area contributed by atoms with Gasteiger partial charge in [0, 0.05) is 22.0 Å². The second-order valence-electron chi connectivity index (χ2n) is 8.28. The number of anilines is 1. The van der Waals surface area contributed by atoms with Gasteiger partial charge in [-0.3, -0.25) is 9.69 Å². The lowest BCUT2D eigenvalue weighted by molar-refractivity contribution is -0.121. The summed E-state index contributed by atoms with van der Waals surface area (Å²) in [4.78, 5) is 18.8. The van der Waals surface area contributed by atoms with Crippen molar-refractivity contribution < 1.29 is 12.4 Å². The van der Waals surface area contributed by atoms with Crippen molar-refractivity contribution in [3.05, 3.63) is 54.2 Å². The van der Waals surface area contributed by atoms with Gasteiger partial charge in [0.05, 0.1) is 36.5 Å². The molecular weight excluding hydrogens is 434 g/mol. The standard InChI is InChI=1S/C25H31N5O2S.2H2/c1-2-3-7-16-32-23-11-10-21(17-27-23)28-24(33)29-22(31)18-30-14-12-25(19-26,13-15-30)20-8-5-4-6-9-20;;/h4-6,8-11,17H,2-3,7,12-16,18H2,1H3,(H2,28,29,31,33);2*1H. The number of rotatable bonds is 9. The summed E-state index contributed by atoms with van der Waals surface area (Å²) in [5, 5.41) is 15.7. The summed E-state index contributed by atoms with van der Waals surface area (Å²) in [7, 11) is 0. The summed E-state index contributed by atoms with van der Waals surface area (Å²) in [6, 6.07) is 16.0. The monoisotopic (exact) mass is 469 g/mol. The number of piperidine rings is 1. The van der Waals surface area contributed by atoms with Gasteiger partial charge in [0.25, 0.3) is 0 Å². The third kappa shape index (κ3) is 7.24. The maximum atomic E-state index is 12.5. The Morgan fingerprint density at radius 1 is 1.24 bits per heavy atom. The molecule has 0 spiro atoms. The van der Waals surface area contributed by atoms with Crippen LogP contribution in [0.5, 0.6) is 5.88 Å². The number of benzene rings is 1. The van der Waals surface area contributed by atoms with Crippen molar-refractivity contribution in [1.82, 2.24) is 15.2 Å². The van der Waals surface area contributed by atoms with Gasteiger partial charge >= 0.3 is 0 Å². The molecule has 2 heterocycles. The van der Waals surface area contributed by atoms with Crippen molar-refractivity contribution in [3.8, 4) is 11.9 Å². The van der Waals surface area contributed by atoms with Crippen LogP contribution in [0.2, 0.25) is 0 Å². The predicted molar refractivity (Wildman–Crippen MR) is 137 cm³/mol. The molecule has 1 aliphatic rings. The number of unbranched alkanes of at least 4 members (excludes halogenated alkanes) is 2. The molecular formula is C25H35N5O2S. The average molecular weight is 470 g/mol. The highest BCUT2D eigenvalue weighted by molar-refractivity contribution is 7.80.